The van der Waals surface area contributed by atoms with Crippen LogP contribution in [-0.4, -0.2) is 15.5 Å². The van der Waals surface area contributed by atoms with Gasteiger partial charge in [-0.2, -0.15) is 0 Å². The fourth-order valence-corrected chi connectivity index (χ4v) is 8.46. The van der Waals surface area contributed by atoms with Crippen molar-refractivity contribution in [2.75, 3.05) is 11.4 Å². The normalized spacial score (nSPS) is 15.5. The van der Waals surface area contributed by atoms with E-state index < -0.39 is 0 Å². The molecule has 0 radical (unpaired) electrons. The predicted octanol–water partition coefficient (Wildman–Crippen LogP) is 6.43. The minimum Gasteiger partial charge on any atom is -0.325 e. The van der Waals surface area contributed by atoms with Crippen molar-refractivity contribution < 1.29 is 0 Å². The molecular weight excluding hydrogens is 621 g/mol. The van der Waals surface area contributed by atoms with Crippen LogP contribution in [0.5, 0.6) is 0 Å². The Morgan fingerprint density at radius 1 is 0.765 bits per heavy atom. The Kier molecular flexibility index (Phi) is 7.48. The van der Waals surface area contributed by atoms with Gasteiger partial charge in [0.15, 0.2) is 0 Å². The molecule has 0 atom stereocenters. The highest BCUT2D eigenvalue weighted by Crippen LogP contribution is 2.38. The lowest BCUT2D eigenvalue weighted by Gasteiger charge is -2.24. The van der Waals surface area contributed by atoms with Crippen molar-refractivity contribution in [3.8, 4) is 5.69 Å². The Morgan fingerprint density at radius 3 is 2.16 bits per heavy atom. The van der Waals surface area contributed by atoms with Crippen molar-refractivity contribution in [1.82, 2.24) is 8.97 Å². The van der Waals surface area contributed by atoms with Gasteiger partial charge in [0, 0.05) is 67.5 Å². The lowest BCUT2D eigenvalue weighted by atomic mass is 10.1. The first-order valence-electron chi connectivity index (χ1n) is 17.9. The molecule has 4 heterocycles. The van der Waals surface area contributed by atoms with Crippen molar-refractivity contribution in [2.24, 2.45) is 5.73 Å². The van der Waals surface area contributed by atoms with Crippen LogP contribution in [0.25, 0.3) is 63.1 Å². The average molecular weight is 661 g/mol. The van der Waals surface area contributed by atoms with Crippen LogP contribution in [0.4, 0.5) is 5.69 Å². The minimum absolute atomic E-state index is 0.341. The fraction of sp³-hybridized carbons (Fsp3) is 0.106. The third-order valence-corrected chi connectivity index (χ3v) is 10.5. The Morgan fingerprint density at radius 2 is 1.41 bits per heavy atom. The minimum atomic E-state index is 0.341. The number of nitrogens with zero attached hydrogens (tertiary/aromatic N) is 3. The average Bonchev–Trinajstić information content (AvgIpc) is 3.87. The topological polar surface area (TPSA) is 38.6 Å². The maximum Gasteiger partial charge on any atom is 0.0594 e. The molecule has 0 fully saturated rings. The van der Waals surface area contributed by atoms with E-state index in [0.717, 1.165) is 45.7 Å². The molecule has 51 heavy (non-hydrogen) atoms. The summed E-state index contributed by atoms with van der Waals surface area (Å²) in [6.07, 6.45) is 6.47. The van der Waals surface area contributed by atoms with Gasteiger partial charge >= 0.3 is 0 Å². The van der Waals surface area contributed by atoms with Crippen LogP contribution in [0.1, 0.15) is 30.0 Å². The molecule has 0 unspecified atom stereocenters. The monoisotopic (exact) mass is 660 g/mol. The Hall–Kier alpha value is -6.10. The molecule has 0 bridgehead atoms. The number of para-hydroxylation sites is 4. The molecule has 0 amide bonds. The largest absolute Gasteiger partial charge is 0.325 e. The van der Waals surface area contributed by atoms with Gasteiger partial charge in [-0.15, -0.1) is 0 Å². The third kappa shape index (κ3) is 4.71. The van der Waals surface area contributed by atoms with Crippen LogP contribution < -0.4 is 37.0 Å². The highest BCUT2D eigenvalue weighted by atomic mass is 15.2. The van der Waals surface area contributed by atoms with E-state index >= 15 is 0 Å². The molecule has 9 rings (SSSR count). The van der Waals surface area contributed by atoms with Crippen molar-refractivity contribution >= 4 is 63.1 Å². The molecule has 8 aromatic rings. The number of rotatable bonds is 5. The smallest absolute Gasteiger partial charge is 0.0594 e. The SMILES string of the molecule is C=c1/c(=C(\CN)N2\C(=c3c(=C/c4ccccc4)/c(=C\CC)n4c/3c(C)c3ccccc34)Cc3ccccc32)c2ccccc2n1-c1ccccc1. The van der Waals surface area contributed by atoms with Crippen LogP contribution in [0.3, 0.4) is 0 Å². The molecule has 0 spiro atoms. The molecule has 3 aromatic heterocycles. The molecule has 4 nitrogen and oxygen atoms in total. The van der Waals surface area contributed by atoms with E-state index in [4.69, 9.17) is 12.3 Å². The second-order valence-corrected chi connectivity index (χ2v) is 13.4. The van der Waals surface area contributed by atoms with Gasteiger partial charge in [0.2, 0.25) is 0 Å². The number of nitrogens with two attached hydrogens (primary N) is 1. The van der Waals surface area contributed by atoms with E-state index in [0.29, 0.717) is 6.54 Å². The fourth-order valence-electron chi connectivity index (χ4n) is 8.46. The van der Waals surface area contributed by atoms with Gasteiger partial charge < -0.3 is 19.6 Å². The Bertz CT molecular complexity index is 2930. The summed E-state index contributed by atoms with van der Waals surface area (Å²) >= 11 is 0. The van der Waals surface area contributed by atoms with Gasteiger partial charge in [0.05, 0.1) is 21.9 Å². The number of anilines is 1. The second-order valence-electron chi connectivity index (χ2n) is 13.4. The summed E-state index contributed by atoms with van der Waals surface area (Å²) < 4.78 is 4.78. The molecule has 5 aromatic carbocycles. The van der Waals surface area contributed by atoms with Gasteiger partial charge in [0.1, 0.15) is 0 Å². The van der Waals surface area contributed by atoms with Gasteiger partial charge in [-0.05, 0) is 66.4 Å². The zero-order valence-corrected chi connectivity index (χ0v) is 29.1. The molecular formula is C47H40N4. The highest BCUT2D eigenvalue weighted by molar-refractivity contribution is 5.99. The van der Waals surface area contributed by atoms with E-state index in [2.05, 4.69) is 173 Å². The molecule has 1 aliphatic heterocycles. The molecule has 4 heteroatoms. The number of aromatic nitrogens is 2. The van der Waals surface area contributed by atoms with E-state index in [-0.39, 0.29) is 0 Å². The van der Waals surface area contributed by atoms with E-state index in [1.54, 1.807) is 0 Å². The van der Waals surface area contributed by atoms with E-state index in [1.165, 1.54) is 60.3 Å². The first-order valence-corrected chi connectivity index (χ1v) is 17.9. The third-order valence-electron chi connectivity index (χ3n) is 10.5. The van der Waals surface area contributed by atoms with Crippen LogP contribution in [0, 0.1) is 6.92 Å². The Labute approximate surface area is 297 Å². The molecule has 2 N–H and O–H groups in total. The first-order chi connectivity index (χ1) is 25.1. The van der Waals surface area contributed by atoms with E-state index in [1.807, 2.05) is 0 Å². The van der Waals surface area contributed by atoms with E-state index in [9.17, 15) is 0 Å². The molecule has 248 valence electrons. The summed E-state index contributed by atoms with van der Waals surface area (Å²) in [4.78, 5) is 2.48. The maximum atomic E-state index is 6.96. The van der Waals surface area contributed by atoms with Gasteiger partial charge in [-0.25, -0.2) is 0 Å². The van der Waals surface area contributed by atoms with Crippen molar-refractivity contribution in [3.63, 3.8) is 0 Å². The summed E-state index contributed by atoms with van der Waals surface area (Å²) in [7, 11) is 0. The zero-order valence-electron chi connectivity index (χ0n) is 29.1. The predicted molar refractivity (Wildman–Crippen MR) is 215 cm³/mol. The van der Waals surface area contributed by atoms with Crippen molar-refractivity contribution in [3.05, 3.63) is 177 Å². The lowest BCUT2D eigenvalue weighted by Crippen LogP contribution is -2.41. The van der Waals surface area contributed by atoms with Gasteiger partial charge in [-0.1, -0.05) is 123 Å². The summed E-state index contributed by atoms with van der Waals surface area (Å²) in [6.45, 7) is 9.61. The molecule has 0 saturated carbocycles. The number of hydrogen-bond acceptors (Lipinski definition) is 2. The number of fused-ring (bicyclic) bond motifs is 5. The quantitative estimate of drug-likeness (QED) is 0.231. The summed E-state index contributed by atoms with van der Waals surface area (Å²) in [5, 5.41) is 8.16. The second kappa shape index (κ2) is 12.3. The molecule has 0 saturated heterocycles. The maximum absolute atomic E-state index is 6.96. The number of aryl methyl sites for hydroxylation is 1. The van der Waals surface area contributed by atoms with Crippen molar-refractivity contribution in [1.29, 1.82) is 0 Å². The standard InChI is InChI=1S/C47H40N4/c1-4-17-40-38(28-33-18-7-5-8-19-33)46(47-31(2)36-23-12-15-26-41(36)51(40)47)43-29-34-20-11-14-25-39(34)50(43)44(30-48)45-32(3)49(35-21-9-6-10-22-35)42-27-16-13-24-37(42)45/h5-28H,3-4,29-30,48H2,1-2H3/b38-28+,40-17+,45-44-,46-43+. The Balaban J connectivity index is 1.52. The van der Waals surface area contributed by atoms with Crippen LogP contribution in [-0.2, 0) is 6.42 Å². The van der Waals surface area contributed by atoms with Crippen LogP contribution in [0.2, 0.25) is 0 Å². The summed E-state index contributed by atoms with van der Waals surface area (Å²) in [6, 6.07) is 47.5. The van der Waals surface area contributed by atoms with Crippen LogP contribution >= 0.6 is 0 Å². The molecule has 0 aliphatic carbocycles. The first kappa shape index (κ1) is 30.9. The van der Waals surface area contributed by atoms with Gasteiger partial charge in [-0.3, -0.25) is 0 Å². The highest BCUT2D eigenvalue weighted by Gasteiger charge is 2.30. The lowest BCUT2D eigenvalue weighted by molar-refractivity contribution is 1.06. The summed E-state index contributed by atoms with van der Waals surface area (Å²) in [5.41, 5.74) is 18.9. The number of benzene rings is 5. The van der Waals surface area contributed by atoms with Crippen molar-refractivity contribution in [2.45, 2.75) is 26.7 Å². The number of hydrogen-bond donors (Lipinski definition) is 1. The zero-order chi connectivity index (χ0) is 34.6. The summed E-state index contributed by atoms with van der Waals surface area (Å²) in [5.74, 6) is 0. The van der Waals surface area contributed by atoms with Crippen LogP contribution in [0.15, 0.2) is 133 Å². The van der Waals surface area contributed by atoms with Gasteiger partial charge in [0.25, 0.3) is 0 Å². The molecule has 1 aliphatic rings.